The summed E-state index contributed by atoms with van der Waals surface area (Å²) >= 11 is 0. The van der Waals surface area contributed by atoms with Crippen molar-refractivity contribution in [2.45, 2.75) is 19.8 Å². The van der Waals surface area contributed by atoms with Crippen molar-refractivity contribution >= 4 is 5.78 Å². The number of benzene rings is 1. The summed E-state index contributed by atoms with van der Waals surface area (Å²) < 4.78 is 0. The Labute approximate surface area is 67.1 Å². The molecule has 0 fully saturated rings. The molecular formula is C10H12O. The van der Waals surface area contributed by atoms with Crippen molar-refractivity contribution < 1.29 is 4.79 Å². The lowest BCUT2D eigenvalue weighted by Crippen LogP contribution is -1.96. The molecule has 0 amide bonds. The van der Waals surface area contributed by atoms with Crippen LogP contribution in [0, 0.1) is 0 Å². The van der Waals surface area contributed by atoms with Crippen LogP contribution in [-0.4, -0.2) is 5.78 Å². The molecular weight excluding hydrogens is 135 g/mol. The van der Waals surface area contributed by atoms with Gasteiger partial charge in [0.05, 0.1) is 0 Å². The lowest BCUT2D eigenvalue weighted by molar-refractivity contribution is 0.0982. The molecule has 0 saturated carbocycles. The molecule has 1 heteroatoms. The van der Waals surface area contributed by atoms with Gasteiger partial charge in [-0.1, -0.05) is 37.3 Å². The first-order valence-electron chi connectivity index (χ1n) is 3.93. The second-order valence-corrected chi connectivity index (χ2v) is 2.54. The van der Waals surface area contributed by atoms with Crippen LogP contribution < -0.4 is 0 Å². The number of rotatable bonds is 3. The van der Waals surface area contributed by atoms with E-state index in [1.54, 1.807) is 0 Å². The molecule has 11 heavy (non-hydrogen) atoms. The minimum Gasteiger partial charge on any atom is -0.294 e. The van der Waals surface area contributed by atoms with E-state index >= 15 is 0 Å². The maximum absolute atomic E-state index is 11.2. The van der Waals surface area contributed by atoms with Crippen molar-refractivity contribution in [3.8, 4) is 0 Å². The Bertz CT molecular complexity index is 226. The number of hydrogen-bond donors (Lipinski definition) is 0. The van der Waals surface area contributed by atoms with E-state index in [2.05, 4.69) is 0 Å². The van der Waals surface area contributed by atoms with Gasteiger partial charge in [-0.15, -0.1) is 0 Å². The molecule has 1 nitrogen and oxygen atoms in total. The highest BCUT2D eigenvalue weighted by Crippen LogP contribution is 2.03. The van der Waals surface area contributed by atoms with Gasteiger partial charge in [0.1, 0.15) is 0 Å². The Hall–Kier alpha value is -1.11. The fourth-order valence-corrected chi connectivity index (χ4v) is 0.995. The Kier molecular flexibility index (Phi) is 2.84. The minimum absolute atomic E-state index is 0.244. The maximum atomic E-state index is 11.2. The number of carbonyl (C=O) groups excluding carboxylic acids is 1. The Balaban J connectivity index is 2.69. The Morgan fingerprint density at radius 2 is 1.91 bits per heavy atom. The summed E-state index contributed by atoms with van der Waals surface area (Å²) in [6, 6.07) is 9.42. The van der Waals surface area contributed by atoms with Crippen LogP contribution in [0.5, 0.6) is 0 Å². The highest BCUT2D eigenvalue weighted by atomic mass is 16.1. The van der Waals surface area contributed by atoms with Crippen molar-refractivity contribution in [1.29, 1.82) is 0 Å². The van der Waals surface area contributed by atoms with Crippen LogP contribution in [0.25, 0.3) is 0 Å². The van der Waals surface area contributed by atoms with Crippen LogP contribution in [0.15, 0.2) is 30.3 Å². The van der Waals surface area contributed by atoms with Gasteiger partial charge in [0, 0.05) is 12.0 Å². The summed E-state index contributed by atoms with van der Waals surface area (Å²) in [4.78, 5) is 11.2. The van der Waals surface area contributed by atoms with Crippen molar-refractivity contribution in [1.82, 2.24) is 0 Å². The van der Waals surface area contributed by atoms with Crippen molar-refractivity contribution in [3.63, 3.8) is 0 Å². The largest absolute Gasteiger partial charge is 0.294 e. The van der Waals surface area contributed by atoms with Gasteiger partial charge in [-0.3, -0.25) is 4.79 Å². The maximum Gasteiger partial charge on any atom is 0.162 e. The van der Waals surface area contributed by atoms with E-state index in [0.717, 1.165) is 12.0 Å². The average molecular weight is 147 g/mol. The van der Waals surface area contributed by atoms with E-state index in [-0.39, 0.29) is 5.78 Å². The molecule has 0 aliphatic carbocycles. The first kappa shape index (κ1) is 7.99. The number of hydrogen-bond acceptors (Lipinski definition) is 1. The molecule has 0 saturated heterocycles. The summed E-state index contributed by atoms with van der Waals surface area (Å²) in [5.74, 6) is 0.244. The third-order valence-corrected chi connectivity index (χ3v) is 1.57. The summed E-state index contributed by atoms with van der Waals surface area (Å²) in [7, 11) is 0. The predicted molar refractivity (Wildman–Crippen MR) is 45.7 cm³/mol. The van der Waals surface area contributed by atoms with Gasteiger partial charge in [0.2, 0.25) is 0 Å². The van der Waals surface area contributed by atoms with Crippen LogP contribution in [0.3, 0.4) is 0 Å². The molecule has 0 unspecified atom stereocenters. The standard InChI is InChI=1S/C10H12O/c1-2-6-10(11)9-7-4-3-5-8-9/h3-5,7-8H,2,6H2,1H3/i10-1. The van der Waals surface area contributed by atoms with Gasteiger partial charge < -0.3 is 0 Å². The molecule has 0 aromatic heterocycles. The van der Waals surface area contributed by atoms with Gasteiger partial charge in [0.15, 0.2) is 5.78 Å². The number of ketones is 1. The van der Waals surface area contributed by atoms with Crippen LogP contribution in [0.2, 0.25) is 0 Å². The fraction of sp³-hybridized carbons (Fsp3) is 0.300. The van der Waals surface area contributed by atoms with Crippen molar-refractivity contribution in [3.05, 3.63) is 35.9 Å². The van der Waals surface area contributed by atoms with Gasteiger partial charge in [-0.05, 0) is 6.42 Å². The van der Waals surface area contributed by atoms with Crippen molar-refractivity contribution in [2.24, 2.45) is 0 Å². The number of Topliss-reactive ketones (excluding diaryl/α,β-unsaturated/α-hetero) is 1. The third kappa shape index (κ3) is 2.19. The zero-order valence-corrected chi connectivity index (χ0v) is 6.71. The highest BCUT2D eigenvalue weighted by Gasteiger charge is 2.01. The smallest absolute Gasteiger partial charge is 0.162 e. The molecule has 0 heterocycles. The molecule has 0 aliphatic heterocycles. The molecule has 58 valence electrons. The minimum atomic E-state index is 0.244. The zero-order chi connectivity index (χ0) is 8.10. The lowest BCUT2D eigenvalue weighted by Gasteiger charge is -1.96. The van der Waals surface area contributed by atoms with Gasteiger partial charge in [0.25, 0.3) is 0 Å². The second kappa shape index (κ2) is 3.91. The van der Waals surface area contributed by atoms with Crippen LogP contribution in [0.1, 0.15) is 30.1 Å². The first-order valence-corrected chi connectivity index (χ1v) is 3.93. The normalized spacial score (nSPS) is 9.55. The second-order valence-electron chi connectivity index (χ2n) is 2.54. The fourth-order valence-electron chi connectivity index (χ4n) is 0.995. The van der Waals surface area contributed by atoms with E-state index in [1.165, 1.54) is 0 Å². The molecule has 0 atom stereocenters. The molecule has 1 aromatic rings. The van der Waals surface area contributed by atoms with E-state index in [4.69, 9.17) is 0 Å². The predicted octanol–water partition coefficient (Wildman–Crippen LogP) is 2.67. The van der Waals surface area contributed by atoms with Gasteiger partial charge in [-0.25, -0.2) is 0 Å². The SMILES string of the molecule is CCC[11C](=O)c1ccccc1. The monoisotopic (exact) mass is 147 g/mol. The molecule has 1 aromatic carbocycles. The van der Waals surface area contributed by atoms with Gasteiger partial charge >= 0.3 is 0 Å². The third-order valence-electron chi connectivity index (χ3n) is 1.57. The van der Waals surface area contributed by atoms with E-state index in [1.807, 2.05) is 37.3 Å². The molecule has 0 N–H and O–H groups in total. The number of carbonyl (C=O) groups is 1. The van der Waals surface area contributed by atoms with E-state index in [0.29, 0.717) is 6.42 Å². The Morgan fingerprint density at radius 3 is 2.45 bits per heavy atom. The van der Waals surface area contributed by atoms with Crippen LogP contribution in [-0.2, 0) is 0 Å². The van der Waals surface area contributed by atoms with Crippen LogP contribution >= 0.6 is 0 Å². The lowest BCUT2D eigenvalue weighted by atomic mass is 9.73. The Morgan fingerprint density at radius 1 is 1.27 bits per heavy atom. The molecule has 0 aliphatic rings. The molecule has 0 bridgehead atoms. The van der Waals surface area contributed by atoms with E-state index < -0.39 is 0 Å². The molecule has 0 spiro atoms. The van der Waals surface area contributed by atoms with Crippen molar-refractivity contribution in [2.75, 3.05) is 0 Å². The quantitative estimate of drug-likeness (QED) is 0.601. The van der Waals surface area contributed by atoms with E-state index in [9.17, 15) is 4.79 Å². The topological polar surface area (TPSA) is 17.1 Å². The summed E-state index contributed by atoms with van der Waals surface area (Å²) in [5, 5.41) is 0. The molecule has 1 rings (SSSR count). The summed E-state index contributed by atoms with van der Waals surface area (Å²) in [6.07, 6.45) is 1.58. The van der Waals surface area contributed by atoms with Gasteiger partial charge in [-0.2, -0.15) is 0 Å². The zero-order valence-electron chi connectivity index (χ0n) is 6.71. The molecule has 0 radical (unpaired) electrons. The highest BCUT2D eigenvalue weighted by molar-refractivity contribution is 5.95. The summed E-state index contributed by atoms with van der Waals surface area (Å²) in [5.41, 5.74) is 0.828. The summed E-state index contributed by atoms with van der Waals surface area (Å²) in [6.45, 7) is 2.01. The first-order chi connectivity index (χ1) is 5.34. The van der Waals surface area contributed by atoms with Crippen LogP contribution in [0.4, 0.5) is 0 Å². The average Bonchev–Trinajstić information content (AvgIpc) is 2.07.